The molecular weight excluding hydrogens is 234 g/mol. The molecule has 0 fully saturated rings. The van der Waals surface area contributed by atoms with Crippen LogP contribution in [0, 0.1) is 0 Å². The van der Waals surface area contributed by atoms with E-state index in [1.54, 1.807) is 0 Å². The fourth-order valence-electron chi connectivity index (χ4n) is 2.58. The maximum atomic E-state index is 5.69. The number of hydrogen-bond acceptors (Lipinski definition) is 3. The summed E-state index contributed by atoms with van der Waals surface area (Å²) in [5.41, 5.74) is 10.4. The lowest BCUT2D eigenvalue weighted by Gasteiger charge is -2.14. The Labute approximate surface area is 113 Å². The van der Waals surface area contributed by atoms with E-state index in [2.05, 4.69) is 17.1 Å². The Balaban J connectivity index is 1.68. The smallest absolute Gasteiger partial charge is 0.128 e. The molecule has 1 heterocycles. The number of fused-ring (bicyclic) bond motifs is 1. The summed E-state index contributed by atoms with van der Waals surface area (Å²) < 4.78 is 0. The Kier molecular flexibility index (Phi) is 3.45. The van der Waals surface area contributed by atoms with Crippen LogP contribution in [0.15, 0.2) is 30.5 Å². The molecule has 0 bridgehead atoms. The highest BCUT2D eigenvalue weighted by molar-refractivity contribution is 5.39. The van der Waals surface area contributed by atoms with Gasteiger partial charge in [0.2, 0.25) is 0 Å². The topological polar surface area (TPSA) is 51.8 Å². The van der Waals surface area contributed by atoms with Crippen molar-refractivity contribution in [2.75, 3.05) is 5.73 Å². The second kappa shape index (κ2) is 5.39. The average molecular weight is 253 g/mol. The predicted molar refractivity (Wildman–Crippen MR) is 76.9 cm³/mol. The third kappa shape index (κ3) is 2.92. The molecule has 0 radical (unpaired) electrons. The van der Waals surface area contributed by atoms with Crippen LogP contribution in [-0.4, -0.2) is 9.97 Å². The van der Waals surface area contributed by atoms with Gasteiger partial charge in [-0.2, -0.15) is 0 Å². The van der Waals surface area contributed by atoms with Gasteiger partial charge in [0.25, 0.3) is 0 Å². The lowest BCUT2D eigenvalue weighted by molar-refractivity contribution is 0.652. The number of rotatable bonds is 3. The Morgan fingerprint density at radius 3 is 2.63 bits per heavy atom. The van der Waals surface area contributed by atoms with Gasteiger partial charge in [0.05, 0.1) is 0 Å². The molecule has 3 heteroatoms. The summed E-state index contributed by atoms with van der Waals surface area (Å²) in [4.78, 5) is 9.20. The minimum absolute atomic E-state index is 0.814. The summed E-state index contributed by atoms with van der Waals surface area (Å²) in [6, 6.07) is 8.05. The number of anilines is 1. The van der Waals surface area contributed by atoms with Gasteiger partial charge >= 0.3 is 0 Å². The second-order valence-corrected chi connectivity index (χ2v) is 5.21. The van der Waals surface area contributed by atoms with Gasteiger partial charge < -0.3 is 5.73 Å². The molecule has 0 saturated carbocycles. The van der Waals surface area contributed by atoms with Crippen LogP contribution in [0.5, 0.6) is 0 Å². The number of benzene rings is 1. The predicted octanol–water partition coefficient (Wildman–Crippen LogP) is 2.72. The average Bonchev–Trinajstić information content (AvgIpc) is 2.46. The first-order valence-electron chi connectivity index (χ1n) is 6.99. The molecule has 0 amide bonds. The van der Waals surface area contributed by atoms with Crippen molar-refractivity contribution in [2.45, 2.75) is 38.5 Å². The van der Waals surface area contributed by atoms with Crippen molar-refractivity contribution in [3.8, 4) is 0 Å². The van der Waals surface area contributed by atoms with Crippen molar-refractivity contribution in [3.63, 3.8) is 0 Å². The van der Waals surface area contributed by atoms with Gasteiger partial charge in [-0.15, -0.1) is 0 Å². The monoisotopic (exact) mass is 253 g/mol. The number of aryl methyl sites for hydroxylation is 4. The SMILES string of the molecule is Nc1ccc(CCc2ncc3c(n2)CCCC3)cc1. The zero-order chi connectivity index (χ0) is 13.1. The fourth-order valence-corrected chi connectivity index (χ4v) is 2.58. The molecule has 0 aliphatic heterocycles. The maximum Gasteiger partial charge on any atom is 0.128 e. The lowest BCUT2D eigenvalue weighted by atomic mass is 9.97. The second-order valence-electron chi connectivity index (χ2n) is 5.21. The third-order valence-corrected chi connectivity index (χ3v) is 3.73. The molecule has 0 saturated heterocycles. The van der Waals surface area contributed by atoms with Gasteiger partial charge in [-0.05, 0) is 55.4 Å². The van der Waals surface area contributed by atoms with Crippen LogP contribution in [0.3, 0.4) is 0 Å². The first-order valence-corrected chi connectivity index (χ1v) is 6.99. The van der Waals surface area contributed by atoms with E-state index in [-0.39, 0.29) is 0 Å². The third-order valence-electron chi connectivity index (χ3n) is 3.73. The van der Waals surface area contributed by atoms with E-state index in [1.165, 1.54) is 29.7 Å². The molecule has 0 spiro atoms. The van der Waals surface area contributed by atoms with Crippen molar-refractivity contribution in [2.24, 2.45) is 0 Å². The molecule has 2 N–H and O–H groups in total. The largest absolute Gasteiger partial charge is 0.399 e. The van der Waals surface area contributed by atoms with Gasteiger partial charge in [0.15, 0.2) is 0 Å². The molecule has 1 aliphatic rings. The zero-order valence-electron chi connectivity index (χ0n) is 11.1. The lowest BCUT2D eigenvalue weighted by Crippen LogP contribution is -2.09. The number of nitrogens with zero attached hydrogens (tertiary/aromatic N) is 2. The summed E-state index contributed by atoms with van der Waals surface area (Å²) in [6.07, 6.45) is 8.71. The number of nitrogens with two attached hydrogens (primary N) is 1. The Morgan fingerprint density at radius 1 is 1.00 bits per heavy atom. The molecule has 3 nitrogen and oxygen atoms in total. The van der Waals surface area contributed by atoms with Crippen molar-refractivity contribution in [1.29, 1.82) is 0 Å². The summed E-state index contributed by atoms with van der Waals surface area (Å²) in [5.74, 6) is 0.970. The molecule has 3 rings (SSSR count). The summed E-state index contributed by atoms with van der Waals surface area (Å²) in [6.45, 7) is 0. The van der Waals surface area contributed by atoms with E-state index in [4.69, 9.17) is 10.7 Å². The highest BCUT2D eigenvalue weighted by Gasteiger charge is 2.11. The standard InChI is InChI=1S/C16H19N3/c17-14-8-5-12(6-9-14)7-10-16-18-11-13-3-1-2-4-15(13)19-16/h5-6,8-9,11H,1-4,7,10,17H2. The molecule has 98 valence electrons. The van der Waals surface area contributed by atoms with Crippen LogP contribution >= 0.6 is 0 Å². The van der Waals surface area contributed by atoms with E-state index in [9.17, 15) is 0 Å². The highest BCUT2D eigenvalue weighted by Crippen LogP contribution is 2.18. The van der Waals surface area contributed by atoms with Crippen LogP contribution in [0.1, 0.15) is 35.5 Å². The quantitative estimate of drug-likeness (QED) is 0.856. The highest BCUT2D eigenvalue weighted by atomic mass is 14.9. The first kappa shape index (κ1) is 12.2. The Morgan fingerprint density at radius 2 is 1.79 bits per heavy atom. The molecular formula is C16H19N3. The molecule has 1 aromatic heterocycles. The van der Waals surface area contributed by atoms with E-state index in [1.807, 2.05) is 18.3 Å². The minimum Gasteiger partial charge on any atom is -0.399 e. The van der Waals surface area contributed by atoms with Gasteiger partial charge in [-0.25, -0.2) is 9.97 Å². The number of aromatic nitrogens is 2. The molecule has 1 aromatic carbocycles. The number of nitrogen functional groups attached to an aromatic ring is 1. The zero-order valence-corrected chi connectivity index (χ0v) is 11.1. The Hall–Kier alpha value is -1.90. The number of hydrogen-bond donors (Lipinski definition) is 1. The van der Waals surface area contributed by atoms with Crippen molar-refractivity contribution in [1.82, 2.24) is 9.97 Å². The van der Waals surface area contributed by atoms with Gasteiger partial charge in [-0.3, -0.25) is 0 Å². The van der Waals surface area contributed by atoms with E-state index in [0.717, 1.165) is 37.2 Å². The summed E-state index contributed by atoms with van der Waals surface area (Å²) in [5, 5.41) is 0. The van der Waals surface area contributed by atoms with Crippen molar-refractivity contribution in [3.05, 3.63) is 53.1 Å². The molecule has 19 heavy (non-hydrogen) atoms. The van der Waals surface area contributed by atoms with Crippen molar-refractivity contribution < 1.29 is 0 Å². The molecule has 0 atom stereocenters. The summed E-state index contributed by atoms with van der Waals surface area (Å²) in [7, 11) is 0. The molecule has 2 aromatic rings. The van der Waals surface area contributed by atoms with Crippen LogP contribution in [0.4, 0.5) is 5.69 Å². The maximum absolute atomic E-state index is 5.69. The van der Waals surface area contributed by atoms with Crippen molar-refractivity contribution >= 4 is 5.69 Å². The van der Waals surface area contributed by atoms with E-state index < -0.39 is 0 Å². The fraction of sp³-hybridized carbons (Fsp3) is 0.375. The van der Waals surface area contributed by atoms with E-state index >= 15 is 0 Å². The van der Waals surface area contributed by atoms with Crippen LogP contribution in [-0.2, 0) is 25.7 Å². The van der Waals surface area contributed by atoms with E-state index in [0.29, 0.717) is 0 Å². The molecule has 1 aliphatic carbocycles. The molecule has 0 unspecified atom stereocenters. The summed E-state index contributed by atoms with van der Waals surface area (Å²) >= 11 is 0. The van der Waals surface area contributed by atoms with Gasteiger partial charge in [0.1, 0.15) is 5.82 Å². The van der Waals surface area contributed by atoms with Gasteiger partial charge in [-0.1, -0.05) is 12.1 Å². The van der Waals surface area contributed by atoms with Crippen LogP contribution < -0.4 is 5.73 Å². The van der Waals surface area contributed by atoms with Crippen LogP contribution in [0.2, 0.25) is 0 Å². The first-order chi connectivity index (χ1) is 9.31. The van der Waals surface area contributed by atoms with Gasteiger partial charge in [0, 0.05) is 24.0 Å². The normalized spacial score (nSPS) is 14.1. The minimum atomic E-state index is 0.814. The van der Waals surface area contributed by atoms with Crippen LogP contribution in [0.25, 0.3) is 0 Å². The Bertz CT molecular complexity index is 561.